The van der Waals surface area contributed by atoms with E-state index in [1.165, 1.54) is 0 Å². The molecule has 3 heterocycles. The Hall–Kier alpha value is -6.84. The van der Waals surface area contributed by atoms with Crippen LogP contribution in [0.1, 0.15) is 6.23 Å². The van der Waals surface area contributed by atoms with Crippen LogP contribution in [-0.4, -0.2) is 93.6 Å². The quantitative estimate of drug-likeness (QED) is 0.0541. The molecule has 2 unspecified atom stereocenters. The van der Waals surface area contributed by atoms with E-state index in [-0.39, 0.29) is 41.2 Å². The summed E-state index contributed by atoms with van der Waals surface area (Å²) >= 11 is 0. The van der Waals surface area contributed by atoms with Gasteiger partial charge in [-0.05, 0) is 0 Å². The zero-order chi connectivity index (χ0) is 45.5. The van der Waals surface area contributed by atoms with Gasteiger partial charge in [-0.25, -0.2) is 28.6 Å². The van der Waals surface area contributed by atoms with Crippen molar-refractivity contribution in [2.24, 2.45) is 0 Å². The summed E-state index contributed by atoms with van der Waals surface area (Å²) in [6.07, 6.45) is -7.82. The van der Waals surface area contributed by atoms with Gasteiger partial charge in [0, 0.05) is 0 Å². The highest BCUT2D eigenvalue weighted by molar-refractivity contribution is 7.66. The number of fused-ring (bicyclic) bond motifs is 1. The molecule has 39 heteroatoms. The van der Waals surface area contributed by atoms with Gasteiger partial charge in [-0.1, -0.05) is 0 Å². The van der Waals surface area contributed by atoms with Crippen LogP contribution in [0.3, 0.4) is 0 Å². The van der Waals surface area contributed by atoms with Crippen molar-refractivity contribution < 1.29 is 90.2 Å². The minimum Gasteiger partial charge on any atom is -0.472 e. The van der Waals surface area contributed by atoms with Crippen molar-refractivity contribution in [2.75, 3.05) is 12.3 Å². The van der Waals surface area contributed by atoms with Crippen LogP contribution in [0.25, 0.3) is 11.2 Å². The highest BCUT2D eigenvalue weighted by Gasteiger charge is 2.54. The Morgan fingerprint density at radius 2 is 1.13 bits per heavy atom. The fraction of sp³-hybridized carbons (Fsp3) is 0.227. The number of hydrogen-bond acceptors (Lipinski definition) is 25. The van der Waals surface area contributed by atoms with Crippen molar-refractivity contribution in [1.29, 1.82) is 0 Å². The van der Waals surface area contributed by atoms with Gasteiger partial charge in [0.1, 0.15) is 17.9 Å². The van der Waals surface area contributed by atoms with Crippen LogP contribution < -0.4 is 15.2 Å². The SMILES string of the molecule is Nc1ncnc2c1ncn2[C@@H]1O[C@H](COP(=O)(O)OP(=O)(O)OP(=O)(O)O)[C@@H](Oc2c([N+](=O)[O-])cc([N+](=O)[O-])cc2[N+](=O)[O-])[C@H]1Oc1c([N+](=O)[O-])cc([N+](=O)[O-])cc1[N+](=O)[O-]. The second-order valence-corrected chi connectivity index (χ2v) is 15.8. The molecule has 4 aromatic rings. The summed E-state index contributed by atoms with van der Waals surface area (Å²) in [4.78, 5) is 113. The number of nitrogens with zero attached hydrogens (tertiary/aromatic N) is 10. The molecule has 36 nitrogen and oxygen atoms in total. The summed E-state index contributed by atoms with van der Waals surface area (Å²) in [6.45, 7) is -1.63. The predicted molar refractivity (Wildman–Crippen MR) is 185 cm³/mol. The van der Waals surface area contributed by atoms with Crippen LogP contribution in [0.2, 0.25) is 0 Å². The molecule has 61 heavy (non-hydrogen) atoms. The topological polar surface area (TPSA) is 516 Å². The van der Waals surface area contributed by atoms with Gasteiger partial charge in [-0.15, -0.1) is 0 Å². The minimum absolute atomic E-state index is 0.154. The van der Waals surface area contributed by atoms with Crippen LogP contribution in [0.15, 0.2) is 36.9 Å². The van der Waals surface area contributed by atoms with E-state index in [0.717, 1.165) is 17.2 Å². The number of benzene rings is 2. The molecule has 2 aromatic heterocycles. The third-order valence-corrected chi connectivity index (χ3v) is 11.4. The molecule has 5 rings (SSSR count). The normalized spacial score (nSPS) is 19.7. The van der Waals surface area contributed by atoms with Gasteiger partial charge in [0.05, 0.1) is 66.7 Å². The standard InChI is InChI=1S/C22H18N11O25P3/c23-20-15-21(25-6-24-20)27(7-26-15)22-19(56-17-12(32(42)43)3-9(29(36)37)4-13(17)33(44)45)18(14(54-22)5-53-60(49,50)58-61(51,52)57-59(46,47)48)55-16-10(30(38)39)1-8(28(34)35)2-11(16)31(40)41/h1-4,6-7,14,18-19,22H,5H2,(H,49,50)(H,51,52)(H2,23,24,25)(H2,46,47,48)/t14-,18-,19-,22-/m1/s1. The molecule has 0 aliphatic carbocycles. The monoisotopic (exact) mass is 929 g/mol. The first kappa shape index (κ1) is 45.2. The maximum absolute atomic E-state index is 12.8. The lowest BCUT2D eigenvalue weighted by Gasteiger charge is -2.26. The number of rotatable bonds is 18. The number of hydrogen-bond donors (Lipinski definition) is 5. The number of nitrogens with two attached hydrogens (primary N) is 1. The molecule has 1 fully saturated rings. The molecule has 6 N–H and O–H groups in total. The number of phosphoric ester groups is 1. The zero-order valence-electron chi connectivity index (χ0n) is 28.7. The van der Waals surface area contributed by atoms with E-state index in [9.17, 15) is 84.2 Å². The first-order chi connectivity index (χ1) is 28.2. The molecule has 0 amide bonds. The molecule has 6 atom stereocenters. The molecule has 1 aliphatic heterocycles. The molecule has 0 bridgehead atoms. The van der Waals surface area contributed by atoms with E-state index in [1.807, 2.05) is 0 Å². The Balaban J connectivity index is 1.78. The van der Waals surface area contributed by atoms with E-state index in [4.69, 9.17) is 29.7 Å². The van der Waals surface area contributed by atoms with Gasteiger partial charge in [0.25, 0.3) is 22.9 Å². The Morgan fingerprint density at radius 1 is 0.672 bits per heavy atom. The van der Waals surface area contributed by atoms with E-state index in [1.54, 1.807) is 0 Å². The molecule has 0 radical (unpaired) electrons. The lowest BCUT2D eigenvalue weighted by atomic mass is 10.1. The van der Waals surface area contributed by atoms with Crippen LogP contribution in [-0.2, 0) is 31.6 Å². The number of nitrogen functional groups attached to an aromatic ring is 1. The van der Waals surface area contributed by atoms with Crippen molar-refractivity contribution in [3.63, 3.8) is 0 Å². The number of non-ortho nitro benzene ring substituents is 2. The third kappa shape index (κ3) is 9.97. The fourth-order valence-electron chi connectivity index (χ4n) is 5.30. The first-order valence-electron chi connectivity index (χ1n) is 15.1. The lowest BCUT2D eigenvalue weighted by molar-refractivity contribution is -0.405. The average Bonchev–Trinajstić information content (AvgIpc) is 3.70. The number of anilines is 1. The first-order valence-corrected chi connectivity index (χ1v) is 19.6. The van der Waals surface area contributed by atoms with Gasteiger partial charge in [0.2, 0.25) is 0 Å². The number of phosphoric acid groups is 3. The maximum Gasteiger partial charge on any atom is 0.490 e. The third-order valence-electron chi connectivity index (χ3n) is 7.55. The van der Waals surface area contributed by atoms with Crippen molar-refractivity contribution >= 4 is 74.6 Å². The van der Waals surface area contributed by atoms with Crippen molar-refractivity contribution in [1.82, 2.24) is 19.5 Å². The summed E-state index contributed by atoms with van der Waals surface area (Å²) in [5.41, 5.74) is -3.45. The molecular weight excluding hydrogens is 911 g/mol. The van der Waals surface area contributed by atoms with Gasteiger partial charge in [0.15, 0.2) is 29.9 Å². The number of nitro groups is 6. The minimum atomic E-state index is -6.22. The lowest BCUT2D eigenvalue weighted by Crippen LogP contribution is -2.42. The maximum atomic E-state index is 12.8. The number of nitro benzene ring substituents is 6. The summed E-state index contributed by atoms with van der Waals surface area (Å²) < 4.78 is 65.7. The largest absolute Gasteiger partial charge is 0.490 e. The highest BCUT2D eigenvalue weighted by atomic mass is 31.3. The zero-order valence-corrected chi connectivity index (χ0v) is 31.4. The smallest absolute Gasteiger partial charge is 0.472 e. The molecule has 1 saturated heterocycles. The molecule has 326 valence electrons. The van der Waals surface area contributed by atoms with Gasteiger partial charge in [-0.3, -0.25) is 69.8 Å². The number of imidazole rings is 1. The second-order valence-electron chi connectivity index (χ2n) is 11.4. The average molecular weight is 929 g/mol. The van der Waals surface area contributed by atoms with Crippen LogP contribution in [0.4, 0.5) is 39.9 Å². The molecule has 0 saturated carbocycles. The molecular formula is C22H18N11O25P3. The molecule has 1 aliphatic rings. The Kier molecular flexibility index (Phi) is 12.4. The number of aromatic nitrogens is 4. The van der Waals surface area contributed by atoms with Crippen LogP contribution in [0, 0.1) is 60.7 Å². The fourth-order valence-corrected chi connectivity index (χ4v) is 8.33. The van der Waals surface area contributed by atoms with Crippen molar-refractivity contribution in [3.05, 3.63) is 97.6 Å². The Morgan fingerprint density at radius 3 is 1.56 bits per heavy atom. The van der Waals surface area contributed by atoms with E-state index in [0.29, 0.717) is 0 Å². The van der Waals surface area contributed by atoms with Gasteiger partial charge < -0.3 is 39.5 Å². The van der Waals surface area contributed by atoms with Crippen molar-refractivity contribution in [3.8, 4) is 11.5 Å². The predicted octanol–water partition coefficient (Wildman–Crippen LogP) is 1.99. The van der Waals surface area contributed by atoms with Gasteiger partial charge in [-0.2, -0.15) is 8.62 Å². The van der Waals surface area contributed by atoms with Crippen molar-refractivity contribution in [2.45, 2.75) is 24.5 Å². The summed E-state index contributed by atoms with van der Waals surface area (Å²) in [7, 11) is -18.3. The summed E-state index contributed by atoms with van der Waals surface area (Å²) in [5.74, 6) is -3.32. The molecule has 0 spiro atoms. The van der Waals surface area contributed by atoms with Gasteiger partial charge >= 0.3 is 46.2 Å². The Bertz CT molecular complexity index is 2600. The summed E-state index contributed by atoms with van der Waals surface area (Å²) in [6, 6.07) is 0.675. The van der Waals surface area contributed by atoms with E-state index >= 15 is 0 Å². The summed E-state index contributed by atoms with van der Waals surface area (Å²) in [5, 5.41) is 71.9. The number of ether oxygens (including phenoxy) is 3. The van der Waals surface area contributed by atoms with Crippen LogP contribution in [0.5, 0.6) is 11.5 Å². The van der Waals surface area contributed by atoms with Crippen LogP contribution >= 0.6 is 23.5 Å². The van der Waals surface area contributed by atoms with E-state index < -0.39 is 130 Å². The second kappa shape index (κ2) is 16.7. The Labute approximate surface area is 330 Å². The highest BCUT2D eigenvalue weighted by Crippen LogP contribution is 2.66. The molecule has 2 aromatic carbocycles. The van der Waals surface area contributed by atoms with E-state index in [2.05, 4.69) is 28.1 Å².